The van der Waals surface area contributed by atoms with E-state index in [0.29, 0.717) is 17.3 Å². The molecule has 1 aliphatic rings. The van der Waals surface area contributed by atoms with Gasteiger partial charge in [-0.25, -0.2) is 4.39 Å². The SMILES string of the molecule is OC(Cc1cc(F)cc(Br)c1)CC1CCCO1. The van der Waals surface area contributed by atoms with Crippen LogP contribution >= 0.6 is 15.9 Å². The number of hydrogen-bond donors (Lipinski definition) is 1. The van der Waals surface area contributed by atoms with E-state index in [1.165, 1.54) is 12.1 Å². The van der Waals surface area contributed by atoms with Crippen LogP contribution in [0.3, 0.4) is 0 Å². The van der Waals surface area contributed by atoms with Gasteiger partial charge < -0.3 is 9.84 Å². The highest BCUT2D eigenvalue weighted by molar-refractivity contribution is 9.10. The van der Waals surface area contributed by atoms with Crippen LogP contribution in [-0.2, 0) is 11.2 Å². The van der Waals surface area contributed by atoms with Crippen LogP contribution in [0.15, 0.2) is 22.7 Å². The van der Waals surface area contributed by atoms with E-state index in [0.717, 1.165) is 25.0 Å². The number of ether oxygens (including phenoxy) is 1. The first-order chi connectivity index (χ1) is 8.13. The lowest BCUT2D eigenvalue weighted by atomic mass is 10.0. The summed E-state index contributed by atoms with van der Waals surface area (Å²) in [6, 6.07) is 4.71. The van der Waals surface area contributed by atoms with Crippen molar-refractivity contribution in [2.24, 2.45) is 0 Å². The van der Waals surface area contributed by atoms with Gasteiger partial charge in [0.2, 0.25) is 0 Å². The largest absolute Gasteiger partial charge is 0.393 e. The first kappa shape index (κ1) is 13.0. The maximum absolute atomic E-state index is 13.1. The van der Waals surface area contributed by atoms with Crippen molar-refractivity contribution in [1.29, 1.82) is 0 Å². The van der Waals surface area contributed by atoms with Gasteiger partial charge in [0.05, 0.1) is 12.2 Å². The molecule has 0 amide bonds. The predicted molar refractivity (Wildman–Crippen MR) is 67.4 cm³/mol. The number of hydrogen-bond acceptors (Lipinski definition) is 2. The van der Waals surface area contributed by atoms with E-state index >= 15 is 0 Å². The maximum Gasteiger partial charge on any atom is 0.124 e. The molecule has 2 unspecified atom stereocenters. The zero-order valence-corrected chi connectivity index (χ0v) is 11.1. The van der Waals surface area contributed by atoms with E-state index in [9.17, 15) is 9.50 Å². The molecule has 0 bridgehead atoms. The number of halogens is 2. The topological polar surface area (TPSA) is 29.5 Å². The van der Waals surface area contributed by atoms with Crippen molar-refractivity contribution in [2.75, 3.05) is 6.61 Å². The fraction of sp³-hybridized carbons (Fsp3) is 0.538. The van der Waals surface area contributed by atoms with Gasteiger partial charge in [-0.3, -0.25) is 0 Å². The number of benzene rings is 1. The highest BCUT2D eigenvalue weighted by atomic mass is 79.9. The third-order valence-corrected chi connectivity index (χ3v) is 3.41. The first-order valence-electron chi connectivity index (χ1n) is 5.88. The van der Waals surface area contributed by atoms with Gasteiger partial charge in [-0.05, 0) is 49.4 Å². The molecule has 1 N–H and O–H groups in total. The van der Waals surface area contributed by atoms with Crippen LogP contribution < -0.4 is 0 Å². The van der Waals surface area contributed by atoms with Crippen LogP contribution in [0.4, 0.5) is 4.39 Å². The summed E-state index contributed by atoms with van der Waals surface area (Å²) in [6.45, 7) is 0.795. The Morgan fingerprint density at radius 1 is 1.47 bits per heavy atom. The third-order valence-electron chi connectivity index (χ3n) is 2.95. The van der Waals surface area contributed by atoms with Crippen molar-refractivity contribution in [3.63, 3.8) is 0 Å². The van der Waals surface area contributed by atoms with Gasteiger partial charge >= 0.3 is 0 Å². The second kappa shape index (κ2) is 5.94. The van der Waals surface area contributed by atoms with Crippen LogP contribution in [0, 0.1) is 5.82 Å². The molecule has 2 nitrogen and oxygen atoms in total. The highest BCUT2D eigenvalue weighted by Crippen LogP contribution is 2.20. The summed E-state index contributed by atoms with van der Waals surface area (Å²) in [6.07, 6.45) is 2.89. The lowest BCUT2D eigenvalue weighted by molar-refractivity contribution is 0.0540. The first-order valence-corrected chi connectivity index (χ1v) is 6.67. The zero-order chi connectivity index (χ0) is 12.3. The van der Waals surface area contributed by atoms with E-state index in [4.69, 9.17) is 4.74 Å². The molecule has 1 fully saturated rings. The Balaban J connectivity index is 1.90. The van der Waals surface area contributed by atoms with Crippen molar-refractivity contribution in [2.45, 2.75) is 37.9 Å². The minimum atomic E-state index is -0.466. The molecule has 1 aliphatic heterocycles. The van der Waals surface area contributed by atoms with Gasteiger partial charge in [-0.1, -0.05) is 15.9 Å². The lowest BCUT2D eigenvalue weighted by Crippen LogP contribution is -2.19. The monoisotopic (exact) mass is 302 g/mol. The number of aliphatic hydroxyl groups is 1. The van der Waals surface area contributed by atoms with Crippen molar-refractivity contribution in [1.82, 2.24) is 0 Å². The summed E-state index contributed by atoms with van der Waals surface area (Å²) in [5, 5.41) is 9.93. The minimum Gasteiger partial charge on any atom is -0.393 e. The van der Waals surface area contributed by atoms with Crippen LogP contribution in [0.25, 0.3) is 0 Å². The molecule has 1 heterocycles. The summed E-state index contributed by atoms with van der Waals surface area (Å²) < 4.78 is 19.3. The molecule has 0 aromatic heterocycles. The second-order valence-electron chi connectivity index (χ2n) is 4.51. The summed E-state index contributed by atoms with van der Waals surface area (Å²) >= 11 is 3.24. The molecule has 2 atom stereocenters. The van der Waals surface area contributed by atoms with Gasteiger partial charge in [-0.15, -0.1) is 0 Å². The zero-order valence-electron chi connectivity index (χ0n) is 9.53. The Kier molecular flexibility index (Phi) is 4.54. The van der Waals surface area contributed by atoms with Gasteiger partial charge in [0.1, 0.15) is 5.82 Å². The quantitative estimate of drug-likeness (QED) is 0.926. The Morgan fingerprint density at radius 3 is 2.94 bits per heavy atom. The average molecular weight is 303 g/mol. The smallest absolute Gasteiger partial charge is 0.124 e. The Bertz CT molecular complexity index is 357. The molecule has 0 aliphatic carbocycles. The second-order valence-corrected chi connectivity index (χ2v) is 5.42. The minimum absolute atomic E-state index is 0.169. The molecule has 0 saturated carbocycles. The van der Waals surface area contributed by atoms with Crippen molar-refractivity contribution in [3.8, 4) is 0 Å². The predicted octanol–water partition coefficient (Wildman–Crippen LogP) is 3.06. The molecule has 2 rings (SSSR count). The molecular formula is C13H16BrFO2. The normalized spacial score (nSPS) is 21.7. The van der Waals surface area contributed by atoms with Crippen molar-refractivity contribution in [3.05, 3.63) is 34.1 Å². The average Bonchev–Trinajstić information content (AvgIpc) is 2.67. The maximum atomic E-state index is 13.1. The molecule has 1 aromatic carbocycles. The van der Waals surface area contributed by atoms with E-state index in [1.807, 2.05) is 6.07 Å². The molecule has 0 radical (unpaired) electrons. The fourth-order valence-corrected chi connectivity index (χ4v) is 2.73. The van der Waals surface area contributed by atoms with Crippen LogP contribution in [-0.4, -0.2) is 23.9 Å². The van der Waals surface area contributed by atoms with Gasteiger partial charge in [0.25, 0.3) is 0 Å². The Morgan fingerprint density at radius 2 is 2.29 bits per heavy atom. The fourth-order valence-electron chi connectivity index (χ4n) is 2.22. The summed E-state index contributed by atoms with van der Waals surface area (Å²) in [7, 11) is 0. The van der Waals surface area contributed by atoms with E-state index < -0.39 is 6.10 Å². The standard InChI is InChI=1S/C13H16BrFO2/c14-10-4-9(5-11(15)7-10)6-12(16)8-13-2-1-3-17-13/h4-5,7,12-13,16H,1-3,6,8H2. The molecule has 17 heavy (non-hydrogen) atoms. The van der Waals surface area contributed by atoms with Crippen molar-refractivity contribution < 1.29 is 14.2 Å². The van der Waals surface area contributed by atoms with Crippen LogP contribution in [0.2, 0.25) is 0 Å². The summed E-state index contributed by atoms with van der Waals surface area (Å²) in [5.41, 5.74) is 0.808. The van der Waals surface area contributed by atoms with E-state index in [2.05, 4.69) is 15.9 Å². The highest BCUT2D eigenvalue weighted by Gasteiger charge is 2.19. The Hall–Kier alpha value is -0.450. The molecule has 1 saturated heterocycles. The van der Waals surface area contributed by atoms with Gasteiger partial charge in [-0.2, -0.15) is 0 Å². The molecule has 94 valence electrons. The van der Waals surface area contributed by atoms with Crippen LogP contribution in [0.1, 0.15) is 24.8 Å². The molecule has 1 aromatic rings. The molecular weight excluding hydrogens is 287 g/mol. The van der Waals surface area contributed by atoms with Crippen LogP contribution in [0.5, 0.6) is 0 Å². The van der Waals surface area contributed by atoms with Gasteiger partial charge in [0, 0.05) is 11.1 Å². The van der Waals surface area contributed by atoms with Crippen molar-refractivity contribution >= 4 is 15.9 Å². The molecule has 4 heteroatoms. The van der Waals surface area contributed by atoms with E-state index in [-0.39, 0.29) is 11.9 Å². The summed E-state index contributed by atoms with van der Waals surface area (Å²) in [5.74, 6) is -0.279. The summed E-state index contributed by atoms with van der Waals surface area (Å²) in [4.78, 5) is 0. The van der Waals surface area contributed by atoms with Gasteiger partial charge in [0.15, 0.2) is 0 Å². The Labute approximate surface area is 109 Å². The lowest BCUT2D eigenvalue weighted by Gasteiger charge is -2.15. The number of aliphatic hydroxyl groups excluding tert-OH is 1. The molecule has 0 spiro atoms. The van der Waals surface area contributed by atoms with E-state index in [1.54, 1.807) is 0 Å². The number of rotatable bonds is 4. The third kappa shape index (κ3) is 4.05.